The summed E-state index contributed by atoms with van der Waals surface area (Å²) in [6.45, 7) is 6.98. The van der Waals surface area contributed by atoms with Gasteiger partial charge >= 0.3 is 0 Å². The first kappa shape index (κ1) is 17.0. The molecule has 0 heterocycles. The molecular weight excluding hydrogens is 293 g/mol. The summed E-state index contributed by atoms with van der Waals surface area (Å²) in [6, 6.07) is 8.77. The molecule has 0 saturated heterocycles. The van der Waals surface area contributed by atoms with Crippen LogP contribution >= 0.6 is 0 Å². The van der Waals surface area contributed by atoms with Crippen LogP contribution in [0.1, 0.15) is 19.4 Å². The largest absolute Gasteiger partial charge is 0.496 e. The number of benzene rings is 1. The lowest BCUT2D eigenvalue weighted by Crippen LogP contribution is -2.52. The van der Waals surface area contributed by atoms with E-state index in [1.165, 1.54) is 13.2 Å². The van der Waals surface area contributed by atoms with Gasteiger partial charge in [0.2, 0.25) is 5.91 Å². The summed E-state index contributed by atoms with van der Waals surface area (Å²) < 4.78 is 20.9. The Morgan fingerprint density at radius 2 is 2.04 bits per heavy atom. The topological polar surface area (TPSA) is 38.3 Å². The molecule has 0 fully saturated rings. The third-order valence-corrected chi connectivity index (χ3v) is 4.10. The minimum absolute atomic E-state index is 0.337. The van der Waals surface area contributed by atoms with Crippen LogP contribution < -0.4 is 5.32 Å². The Balaban J connectivity index is 2.52. The first-order chi connectivity index (χ1) is 10.9. The molecule has 2 atom stereocenters. The average Bonchev–Trinajstić information content (AvgIpc) is 2.56. The van der Waals surface area contributed by atoms with E-state index in [-0.39, 0.29) is 5.92 Å². The molecule has 1 aromatic rings. The highest BCUT2D eigenvalue weighted by molar-refractivity contribution is 5.88. The fourth-order valence-electron chi connectivity index (χ4n) is 2.66. The maximum Gasteiger partial charge on any atom is 0.243 e. The maximum atomic E-state index is 15.5. The second kappa shape index (κ2) is 6.82. The summed E-state index contributed by atoms with van der Waals surface area (Å²) >= 11 is 0. The minimum Gasteiger partial charge on any atom is -0.496 e. The molecule has 2 rings (SSSR count). The second-order valence-electron chi connectivity index (χ2n) is 5.83. The summed E-state index contributed by atoms with van der Waals surface area (Å²) in [7, 11) is 1.52. The van der Waals surface area contributed by atoms with Gasteiger partial charge in [0.05, 0.1) is 13.2 Å². The minimum atomic E-state index is -1.73. The van der Waals surface area contributed by atoms with Crippen molar-refractivity contribution in [2.45, 2.75) is 25.6 Å². The molecule has 2 unspecified atom stereocenters. The van der Waals surface area contributed by atoms with Crippen molar-refractivity contribution < 1.29 is 13.9 Å². The van der Waals surface area contributed by atoms with Crippen molar-refractivity contribution in [3.63, 3.8) is 0 Å². The molecule has 1 aliphatic carbocycles. The second-order valence-corrected chi connectivity index (χ2v) is 5.83. The lowest BCUT2D eigenvalue weighted by molar-refractivity contribution is -0.117. The summed E-state index contributed by atoms with van der Waals surface area (Å²) in [6.07, 6.45) is 4.33. The lowest BCUT2D eigenvalue weighted by atomic mass is 9.78. The van der Waals surface area contributed by atoms with Gasteiger partial charge in [-0.1, -0.05) is 50.8 Å². The number of allylic oxidation sites excluding steroid dienone is 1. The predicted molar refractivity (Wildman–Crippen MR) is 90.3 cm³/mol. The van der Waals surface area contributed by atoms with Gasteiger partial charge in [-0.3, -0.25) is 4.79 Å². The molecule has 3 nitrogen and oxygen atoms in total. The summed E-state index contributed by atoms with van der Waals surface area (Å²) in [5.41, 5.74) is -0.0666. The number of halogens is 1. The zero-order chi connectivity index (χ0) is 17.0. The van der Waals surface area contributed by atoms with Gasteiger partial charge in [0.25, 0.3) is 0 Å². The van der Waals surface area contributed by atoms with Crippen molar-refractivity contribution in [2.24, 2.45) is 5.92 Å². The Hall–Kier alpha value is -2.36. The Bertz CT molecular complexity index is 649. The van der Waals surface area contributed by atoms with Gasteiger partial charge in [-0.05, 0) is 29.7 Å². The maximum absolute atomic E-state index is 15.5. The Morgan fingerprint density at radius 1 is 1.39 bits per heavy atom. The molecule has 0 saturated carbocycles. The van der Waals surface area contributed by atoms with Crippen LogP contribution in [-0.4, -0.2) is 24.7 Å². The Labute approximate surface area is 136 Å². The van der Waals surface area contributed by atoms with Crippen molar-refractivity contribution in [1.82, 2.24) is 5.32 Å². The lowest BCUT2D eigenvalue weighted by Gasteiger charge is -2.37. The van der Waals surface area contributed by atoms with Crippen molar-refractivity contribution in [3.05, 3.63) is 66.5 Å². The standard InChI is InChI=1S/C19H22FNO2/c1-5-18(22)21-17-11-15(14-9-7-6-8-10-14)16(23-4)12-19(17,20)13(2)3/h5-13,17H,1H2,2-4H3,(H,21,22). The molecule has 1 aliphatic rings. The number of carbonyl (C=O) groups is 1. The van der Waals surface area contributed by atoms with Crippen LogP contribution in [0.2, 0.25) is 0 Å². The highest BCUT2D eigenvalue weighted by Crippen LogP contribution is 2.39. The van der Waals surface area contributed by atoms with Crippen LogP contribution in [0.15, 0.2) is 60.9 Å². The number of nitrogens with one attached hydrogen (secondary N) is 1. The fourth-order valence-corrected chi connectivity index (χ4v) is 2.66. The molecule has 0 spiro atoms. The van der Waals surface area contributed by atoms with Gasteiger partial charge in [-0.2, -0.15) is 0 Å². The number of hydrogen-bond acceptors (Lipinski definition) is 2. The van der Waals surface area contributed by atoms with E-state index in [9.17, 15) is 4.79 Å². The molecule has 0 bridgehead atoms. The summed E-state index contributed by atoms with van der Waals surface area (Å²) in [5, 5.41) is 2.68. The molecule has 1 amide bonds. The van der Waals surface area contributed by atoms with E-state index < -0.39 is 17.6 Å². The van der Waals surface area contributed by atoms with Crippen molar-refractivity contribution in [3.8, 4) is 0 Å². The Morgan fingerprint density at radius 3 is 2.57 bits per heavy atom. The summed E-state index contributed by atoms with van der Waals surface area (Å²) in [5.74, 6) is -0.275. The Kier molecular flexibility index (Phi) is 5.04. The van der Waals surface area contributed by atoms with Crippen LogP contribution in [0.4, 0.5) is 4.39 Å². The molecule has 0 aliphatic heterocycles. The molecule has 122 valence electrons. The predicted octanol–water partition coefficient (Wildman–Crippen LogP) is 3.65. The van der Waals surface area contributed by atoms with Gasteiger partial charge < -0.3 is 10.1 Å². The van der Waals surface area contributed by atoms with E-state index in [1.807, 2.05) is 30.3 Å². The number of hydrogen-bond donors (Lipinski definition) is 1. The first-order valence-electron chi connectivity index (χ1n) is 7.58. The van der Waals surface area contributed by atoms with E-state index >= 15 is 4.39 Å². The number of carbonyl (C=O) groups excluding carboxylic acids is 1. The van der Waals surface area contributed by atoms with Gasteiger partial charge in [0.15, 0.2) is 5.67 Å². The summed E-state index contributed by atoms with van der Waals surface area (Å²) in [4.78, 5) is 11.7. The van der Waals surface area contributed by atoms with E-state index in [0.29, 0.717) is 5.76 Å². The molecule has 23 heavy (non-hydrogen) atoms. The third-order valence-electron chi connectivity index (χ3n) is 4.10. The molecule has 1 N–H and O–H groups in total. The SMILES string of the molecule is C=CC(=O)NC1C=C(c2ccccc2)C(OC)=CC1(F)C(C)C. The zero-order valence-electron chi connectivity index (χ0n) is 13.7. The number of amides is 1. The van der Waals surface area contributed by atoms with Gasteiger partial charge in [-0.15, -0.1) is 0 Å². The number of alkyl halides is 1. The van der Waals surface area contributed by atoms with Crippen LogP contribution in [0.5, 0.6) is 0 Å². The number of rotatable bonds is 5. The smallest absolute Gasteiger partial charge is 0.243 e. The molecule has 0 radical (unpaired) electrons. The molecule has 1 aromatic carbocycles. The number of methoxy groups -OCH3 is 1. The first-order valence-corrected chi connectivity index (χ1v) is 7.58. The van der Waals surface area contributed by atoms with Crippen LogP contribution in [-0.2, 0) is 9.53 Å². The van der Waals surface area contributed by atoms with Crippen molar-refractivity contribution in [1.29, 1.82) is 0 Å². The van der Waals surface area contributed by atoms with E-state index in [4.69, 9.17) is 4.74 Å². The molecular formula is C19H22FNO2. The van der Waals surface area contributed by atoms with Crippen LogP contribution in [0.25, 0.3) is 5.57 Å². The van der Waals surface area contributed by atoms with Crippen LogP contribution in [0, 0.1) is 5.92 Å². The molecule has 4 heteroatoms. The molecule has 0 aromatic heterocycles. The van der Waals surface area contributed by atoms with E-state index in [0.717, 1.165) is 17.2 Å². The fraction of sp³-hybridized carbons (Fsp3) is 0.316. The van der Waals surface area contributed by atoms with E-state index in [2.05, 4.69) is 11.9 Å². The van der Waals surface area contributed by atoms with Gasteiger partial charge in [0.1, 0.15) is 5.76 Å². The van der Waals surface area contributed by atoms with Crippen molar-refractivity contribution in [2.75, 3.05) is 7.11 Å². The highest BCUT2D eigenvalue weighted by Gasteiger charge is 2.44. The van der Waals surface area contributed by atoms with Crippen molar-refractivity contribution >= 4 is 11.5 Å². The monoisotopic (exact) mass is 315 g/mol. The highest BCUT2D eigenvalue weighted by atomic mass is 19.1. The average molecular weight is 315 g/mol. The van der Waals surface area contributed by atoms with Crippen LogP contribution in [0.3, 0.4) is 0 Å². The van der Waals surface area contributed by atoms with Gasteiger partial charge in [-0.25, -0.2) is 4.39 Å². The number of ether oxygens (including phenoxy) is 1. The quantitative estimate of drug-likeness (QED) is 0.842. The third kappa shape index (κ3) is 3.36. The van der Waals surface area contributed by atoms with E-state index in [1.54, 1.807) is 19.9 Å². The zero-order valence-corrected chi connectivity index (χ0v) is 13.7. The normalized spacial score (nSPS) is 23.8. The van der Waals surface area contributed by atoms with Gasteiger partial charge in [0, 0.05) is 5.57 Å².